The van der Waals surface area contributed by atoms with Gasteiger partial charge in [-0.25, -0.2) is 4.79 Å². The smallest absolute Gasteiger partial charge is 0.336 e. The normalized spacial score (nSPS) is 18.8. The maximum Gasteiger partial charge on any atom is 0.336 e. The Balaban J connectivity index is 1.84. The molecule has 2 aliphatic rings. The van der Waals surface area contributed by atoms with Crippen LogP contribution < -0.4 is 14.4 Å². The van der Waals surface area contributed by atoms with Gasteiger partial charge in [0.05, 0.1) is 31.2 Å². The highest BCUT2D eigenvalue weighted by Gasteiger charge is 2.43. The third-order valence-corrected chi connectivity index (χ3v) is 5.23. The molecule has 0 fully saturated rings. The number of carbonyl (C=O) groups is 2. The van der Waals surface area contributed by atoms with Crippen LogP contribution in [-0.4, -0.2) is 32.7 Å². The second-order valence-electron chi connectivity index (χ2n) is 6.51. The molecule has 0 spiro atoms. The summed E-state index contributed by atoms with van der Waals surface area (Å²) < 4.78 is 16.0. The molecule has 1 atom stereocenters. The van der Waals surface area contributed by atoms with Crippen LogP contribution in [-0.2, 0) is 14.3 Å². The Kier molecular flexibility index (Phi) is 4.73. The second-order valence-corrected chi connectivity index (χ2v) is 6.95. The molecule has 0 aromatic heterocycles. The third-order valence-electron chi connectivity index (χ3n) is 5.00. The molecule has 7 heteroatoms. The summed E-state index contributed by atoms with van der Waals surface area (Å²) in [6.07, 6.45) is 0.114. The molecule has 0 bridgehead atoms. The van der Waals surface area contributed by atoms with Crippen LogP contribution in [0.1, 0.15) is 17.9 Å². The van der Waals surface area contributed by atoms with Crippen molar-refractivity contribution in [3.05, 3.63) is 64.3 Å². The summed E-state index contributed by atoms with van der Waals surface area (Å²) in [5, 5.41) is 0.511. The summed E-state index contributed by atoms with van der Waals surface area (Å²) in [5.41, 5.74) is 2.38. The van der Waals surface area contributed by atoms with Crippen molar-refractivity contribution in [3.63, 3.8) is 0 Å². The molecular formula is C21H18ClNO5. The monoisotopic (exact) mass is 399 g/mol. The number of hydrogen-bond donors (Lipinski definition) is 0. The number of methoxy groups -OCH3 is 2. The zero-order valence-corrected chi connectivity index (χ0v) is 16.2. The molecule has 2 aromatic rings. The van der Waals surface area contributed by atoms with Gasteiger partial charge in [-0.2, -0.15) is 0 Å². The number of amides is 1. The van der Waals surface area contributed by atoms with Crippen molar-refractivity contribution in [1.29, 1.82) is 0 Å². The number of benzene rings is 2. The van der Waals surface area contributed by atoms with Crippen molar-refractivity contribution in [3.8, 4) is 11.5 Å². The van der Waals surface area contributed by atoms with Crippen molar-refractivity contribution < 1.29 is 23.8 Å². The molecule has 0 saturated carbocycles. The van der Waals surface area contributed by atoms with Crippen LogP contribution in [0.4, 0.5) is 5.69 Å². The number of ether oxygens (including phenoxy) is 3. The summed E-state index contributed by atoms with van der Waals surface area (Å²) in [6, 6.07) is 12.3. The highest BCUT2D eigenvalue weighted by atomic mass is 35.5. The zero-order valence-electron chi connectivity index (χ0n) is 15.4. The maximum atomic E-state index is 13.1. The molecule has 2 aromatic carbocycles. The van der Waals surface area contributed by atoms with E-state index in [2.05, 4.69) is 0 Å². The van der Waals surface area contributed by atoms with E-state index < -0.39 is 11.9 Å². The number of nitrogens with zero attached hydrogens (tertiary/aromatic N) is 1. The van der Waals surface area contributed by atoms with E-state index in [1.54, 1.807) is 50.6 Å². The van der Waals surface area contributed by atoms with Crippen LogP contribution in [0.25, 0.3) is 0 Å². The number of cyclic esters (lactones) is 1. The van der Waals surface area contributed by atoms with Crippen LogP contribution in [0.15, 0.2) is 53.7 Å². The van der Waals surface area contributed by atoms with Crippen molar-refractivity contribution in [2.45, 2.75) is 12.3 Å². The lowest BCUT2D eigenvalue weighted by molar-refractivity contribution is -0.136. The number of hydrogen-bond acceptors (Lipinski definition) is 5. The van der Waals surface area contributed by atoms with Crippen molar-refractivity contribution in [1.82, 2.24) is 0 Å². The Hall–Kier alpha value is -2.99. The average Bonchev–Trinajstić information content (AvgIpc) is 3.08. The standard InChI is InChI=1S/C21H18ClNO5/c1-26-14-6-7-15(18(9-14)27-2)16-10-19(24)23(13-5-3-4-12(22)8-13)17-11-28-21(25)20(16)17/h3-9,16H,10-11H2,1-2H3. The van der Waals surface area contributed by atoms with E-state index in [9.17, 15) is 9.59 Å². The maximum absolute atomic E-state index is 13.1. The lowest BCUT2D eigenvalue weighted by Crippen LogP contribution is -2.37. The molecular weight excluding hydrogens is 382 g/mol. The van der Waals surface area contributed by atoms with Gasteiger partial charge in [0, 0.05) is 29.0 Å². The first-order valence-corrected chi connectivity index (χ1v) is 9.12. The molecule has 1 unspecified atom stereocenters. The van der Waals surface area contributed by atoms with Gasteiger partial charge in [-0.15, -0.1) is 0 Å². The lowest BCUT2D eigenvalue weighted by atomic mass is 9.83. The van der Waals surface area contributed by atoms with Crippen LogP contribution >= 0.6 is 11.6 Å². The lowest BCUT2D eigenvalue weighted by Gasteiger charge is -2.32. The number of carbonyl (C=O) groups excluding carboxylic acids is 2. The summed E-state index contributed by atoms with van der Waals surface area (Å²) in [4.78, 5) is 27.2. The minimum atomic E-state index is -0.450. The first-order valence-electron chi connectivity index (χ1n) is 8.74. The van der Waals surface area contributed by atoms with Gasteiger partial charge in [0.25, 0.3) is 0 Å². The first-order chi connectivity index (χ1) is 13.5. The van der Waals surface area contributed by atoms with Crippen LogP contribution in [0.3, 0.4) is 0 Å². The fourth-order valence-electron chi connectivity index (χ4n) is 3.74. The molecule has 2 heterocycles. The molecule has 0 aliphatic carbocycles. The van der Waals surface area contributed by atoms with Gasteiger partial charge in [0.1, 0.15) is 18.1 Å². The van der Waals surface area contributed by atoms with Crippen LogP contribution in [0.2, 0.25) is 5.02 Å². The highest BCUT2D eigenvalue weighted by molar-refractivity contribution is 6.31. The molecule has 6 nitrogen and oxygen atoms in total. The Bertz CT molecular complexity index is 1000. The van der Waals surface area contributed by atoms with Gasteiger partial charge < -0.3 is 14.2 Å². The van der Waals surface area contributed by atoms with E-state index in [0.29, 0.717) is 33.5 Å². The van der Waals surface area contributed by atoms with Gasteiger partial charge in [-0.1, -0.05) is 23.7 Å². The molecule has 28 heavy (non-hydrogen) atoms. The van der Waals surface area contributed by atoms with Gasteiger partial charge in [-0.05, 0) is 24.3 Å². The fraction of sp³-hybridized carbons (Fsp3) is 0.238. The highest BCUT2D eigenvalue weighted by Crippen LogP contribution is 2.45. The SMILES string of the molecule is COc1ccc(C2CC(=O)N(c3cccc(Cl)c3)C3=C2C(=O)OC3)c(OC)c1. The summed E-state index contributed by atoms with van der Waals surface area (Å²) in [7, 11) is 3.11. The largest absolute Gasteiger partial charge is 0.497 e. The van der Waals surface area contributed by atoms with Crippen LogP contribution in [0.5, 0.6) is 11.5 Å². The Morgan fingerprint density at radius 2 is 1.93 bits per heavy atom. The summed E-state index contributed by atoms with van der Waals surface area (Å²) in [5.74, 6) is 0.180. The Labute approximate surface area is 167 Å². The molecule has 1 amide bonds. The quantitative estimate of drug-likeness (QED) is 0.733. The minimum absolute atomic E-state index is 0.0430. The topological polar surface area (TPSA) is 65.1 Å². The van der Waals surface area contributed by atoms with E-state index >= 15 is 0 Å². The minimum Gasteiger partial charge on any atom is -0.497 e. The van der Waals surface area contributed by atoms with Gasteiger partial charge >= 0.3 is 5.97 Å². The van der Waals surface area contributed by atoms with E-state index in [1.165, 1.54) is 4.90 Å². The zero-order chi connectivity index (χ0) is 19.8. The van der Waals surface area contributed by atoms with E-state index in [4.69, 9.17) is 25.8 Å². The number of halogens is 1. The molecule has 0 N–H and O–H groups in total. The van der Waals surface area contributed by atoms with E-state index in [-0.39, 0.29) is 18.9 Å². The molecule has 0 saturated heterocycles. The van der Waals surface area contributed by atoms with E-state index in [1.807, 2.05) is 6.07 Å². The predicted molar refractivity (Wildman–Crippen MR) is 104 cm³/mol. The molecule has 0 radical (unpaired) electrons. The molecule has 2 aliphatic heterocycles. The summed E-state index contributed by atoms with van der Waals surface area (Å²) in [6.45, 7) is 0.0430. The van der Waals surface area contributed by atoms with Crippen molar-refractivity contribution >= 4 is 29.2 Å². The van der Waals surface area contributed by atoms with Crippen molar-refractivity contribution in [2.75, 3.05) is 25.7 Å². The number of rotatable bonds is 4. The summed E-state index contributed by atoms with van der Waals surface area (Å²) >= 11 is 6.10. The average molecular weight is 400 g/mol. The predicted octanol–water partition coefficient (Wildman–Crippen LogP) is 3.69. The number of esters is 1. The van der Waals surface area contributed by atoms with Gasteiger partial charge in [-0.3, -0.25) is 9.69 Å². The van der Waals surface area contributed by atoms with Crippen molar-refractivity contribution in [2.24, 2.45) is 0 Å². The second kappa shape index (κ2) is 7.20. The Morgan fingerprint density at radius 3 is 2.64 bits per heavy atom. The van der Waals surface area contributed by atoms with Gasteiger partial charge in [0.2, 0.25) is 5.91 Å². The molecule has 4 rings (SSSR count). The van der Waals surface area contributed by atoms with Crippen LogP contribution in [0, 0.1) is 0 Å². The fourth-order valence-corrected chi connectivity index (χ4v) is 3.93. The first kappa shape index (κ1) is 18.4. The number of anilines is 1. The van der Waals surface area contributed by atoms with Gasteiger partial charge in [0.15, 0.2) is 0 Å². The Morgan fingerprint density at radius 1 is 1.11 bits per heavy atom. The molecule has 144 valence electrons. The third kappa shape index (κ3) is 2.99. The van der Waals surface area contributed by atoms with E-state index in [0.717, 1.165) is 5.56 Å².